The smallest absolute Gasteiger partial charge is 0.309 e. The van der Waals surface area contributed by atoms with E-state index in [1.54, 1.807) is 25.1 Å². The summed E-state index contributed by atoms with van der Waals surface area (Å²) in [6.07, 6.45) is 2.32. The van der Waals surface area contributed by atoms with E-state index in [-0.39, 0.29) is 24.0 Å². The molecule has 1 aliphatic heterocycles. The average molecular weight is 452 g/mol. The van der Waals surface area contributed by atoms with Gasteiger partial charge in [0.15, 0.2) is 18.3 Å². The van der Waals surface area contributed by atoms with Gasteiger partial charge >= 0.3 is 5.91 Å². The second-order valence-electron chi connectivity index (χ2n) is 8.01. The summed E-state index contributed by atoms with van der Waals surface area (Å²) in [7, 11) is 0. The van der Waals surface area contributed by atoms with Crippen molar-refractivity contribution < 1.29 is 14.3 Å². The summed E-state index contributed by atoms with van der Waals surface area (Å²) in [5.74, 6) is -0.267. The summed E-state index contributed by atoms with van der Waals surface area (Å²) in [6, 6.07) is 18.9. The molecule has 2 heterocycles. The number of ketones is 1. The van der Waals surface area contributed by atoms with Crippen LogP contribution in [0.1, 0.15) is 40.1 Å². The lowest BCUT2D eigenvalue weighted by atomic mass is 9.88. The largest absolute Gasteiger partial charge is 0.468 e. The van der Waals surface area contributed by atoms with Gasteiger partial charge in [0.05, 0.1) is 11.6 Å². The first-order chi connectivity index (χ1) is 16.5. The predicted molar refractivity (Wildman–Crippen MR) is 121 cm³/mol. The monoisotopic (exact) mass is 452 g/mol. The summed E-state index contributed by atoms with van der Waals surface area (Å²) < 4.78 is 5.82. The molecule has 2 aromatic carbocycles. The van der Waals surface area contributed by atoms with Crippen molar-refractivity contribution in [3.63, 3.8) is 0 Å². The van der Waals surface area contributed by atoms with Crippen LogP contribution in [0.25, 0.3) is 5.57 Å². The highest BCUT2D eigenvalue weighted by Crippen LogP contribution is 2.38. The molecule has 2 N–H and O–H groups in total. The van der Waals surface area contributed by atoms with Gasteiger partial charge in [-0.2, -0.15) is 5.26 Å². The maximum absolute atomic E-state index is 13.0. The predicted octanol–water partition coefficient (Wildman–Crippen LogP) is 2.72. The van der Waals surface area contributed by atoms with E-state index in [1.165, 1.54) is 5.01 Å². The van der Waals surface area contributed by atoms with E-state index in [2.05, 4.69) is 26.7 Å². The molecule has 168 valence electrons. The Bertz CT molecular complexity index is 1380. The SMILES string of the molecule is C[C@H]1C=C(c2cccc(C#N)c2)C2=C(C1=O)N(NC(=O)c1n[nH]c(Cc3ccccc3)n1)CO2. The number of benzene rings is 2. The number of allylic oxidation sites excluding steroid dienone is 3. The number of ether oxygens (including phenoxy) is 1. The molecule has 0 bridgehead atoms. The quantitative estimate of drug-likeness (QED) is 0.610. The number of carbonyl (C=O) groups is 2. The van der Waals surface area contributed by atoms with Gasteiger partial charge in [-0.25, -0.2) is 9.99 Å². The van der Waals surface area contributed by atoms with Gasteiger partial charge in [-0.05, 0) is 23.3 Å². The van der Waals surface area contributed by atoms with E-state index in [9.17, 15) is 14.9 Å². The fraction of sp³-hybridized carbons (Fsp3) is 0.160. The van der Waals surface area contributed by atoms with Crippen molar-refractivity contribution in [1.29, 1.82) is 5.26 Å². The Morgan fingerprint density at radius 2 is 2.09 bits per heavy atom. The number of aromatic amines is 1. The van der Waals surface area contributed by atoms with Crippen LogP contribution in [-0.4, -0.2) is 38.6 Å². The van der Waals surface area contributed by atoms with E-state index in [4.69, 9.17) is 4.74 Å². The van der Waals surface area contributed by atoms with E-state index in [1.807, 2.05) is 42.5 Å². The molecule has 5 rings (SSSR count). The minimum atomic E-state index is -0.559. The molecule has 0 fully saturated rings. The van der Waals surface area contributed by atoms with Gasteiger partial charge in [0.25, 0.3) is 0 Å². The van der Waals surface area contributed by atoms with Gasteiger partial charge in [-0.15, -0.1) is 5.10 Å². The molecule has 0 unspecified atom stereocenters. The summed E-state index contributed by atoms with van der Waals surface area (Å²) in [5.41, 5.74) is 5.96. The van der Waals surface area contributed by atoms with Crippen LogP contribution in [0, 0.1) is 17.2 Å². The molecule has 0 saturated carbocycles. The molecule has 1 atom stereocenters. The molecule has 1 aromatic heterocycles. The van der Waals surface area contributed by atoms with Crippen molar-refractivity contribution in [1.82, 2.24) is 25.6 Å². The number of hydrazine groups is 1. The number of nitriles is 1. The zero-order valence-electron chi connectivity index (χ0n) is 18.3. The third-order valence-electron chi connectivity index (χ3n) is 5.62. The van der Waals surface area contributed by atoms with Crippen LogP contribution < -0.4 is 5.43 Å². The second kappa shape index (κ2) is 8.67. The number of amides is 1. The molecule has 0 radical (unpaired) electrons. The minimum absolute atomic E-state index is 0.0335. The van der Waals surface area contributed by atoms with Crippen LogP contribution in [0.2, 0.25) is 0 Å². The molecule has 9 heteroatoms. The number of nitrogens with zero attached hydrogens (tertiary/aromatic N) is 4. The third kappa shape index (κ3) is 3.93. The van der Waals surface area contributed by atoms with Crippen molar-refractivity contribution in [3.8, 4) is 6.07 Å². The van der Waals surface area contributed by atoms with Crippen molar-refractivity contribution in [2.75, 3.05) is 6.73 Å². The number of H-pyrrole nitrogens is 1. The fourth-order valence-electron chi connectivity index (χ4n) is 3.96. The maximum atomic E-state index is 13.0. The average Bonchev–Trinajstić information content (AvgIpc) is 3.50. The fourth-order valence-corrected chi connectivity index (χ4v) is 3.96. The molecule has 3 aromatic rings. The standard InChI is InChI=1S/C25H20N6O3/c1-15-10-19(18-9-5-8-17(11-18)13-26)23-21(22(15)32)31(14-34-23)30-25(33)24-27-20(28-29-24)12-16-6-3-2-4-7-16/h2-11,15H,12,14H2,1H3,(H,30,33)(H,27,28,29)/t15-/m0/s1. The molecule has 1 aliphatic carbocycles. The first-order valence-electron chi connectivity index (χ1n) is 10.7. The Morgan fingerprint density at radius 1 is 1.26 bits per heavy atom. The Hall–Kier alpha value is -4.71. The van der Waals surface area contributed by atoms with Gasteiger partial charge in [-0.3, -0.25) is 20.1 Å². The molecule has 9 nitrogen and oxygen atoms in total. The molecular weight excluding hydrogens is 432 g/mol. The first-order valence-corrected chi connectivity index (χ1v) is 10.7. The van der Waals surface area contributed by atoms with E-state index < -0.39 is 11.8 Å². The zero-order chi connectivity index (χ0) is 23.7. The molecule has 0 spiro atoms. The zero-order valence-corrected chi connectivity index (χ0v) is 18.3. The summed E-state index contributed by atoms with van der Waals surface area (Å²) in [6.45, 7) is 1.75. The Morgan fingerprint density at radius 3 is 2.88 bits per heavy atom. The van der Waals surface area contributed by atoms with E-state index in [0.717, 1.165) is 11.1 Å². The van der Waals surface area contributed by atoms with Crippen LogP contribution in [0.15, 0.2) is 72.1 Å². The van der Waals surface area contributed by atoms with Gasteiger partial charge in [-0.1, -0.05) is 55.5 Å². The van der Waals surface area contributed by atoms with E-state index >= 15 is 0 Å². The van der Waals surface area contributed by atoms with Crippen LogP contribution in [0.4, 0.5) is 0 Å². The second-order valence-corrected chi connectivity index (χ2v) is 8.01. The van der Waals surface area contributed by atoms with Crippen LogP contribution in [-0.2, 0) is 16.0 Å². The third-order valence-corrected chi connectivity index (χ3v) is 5.62. The van der Waals surface area contributed by atoms with Crippen molar-refractivity contribution in [2.24, 2.45) is 5.92 Å². The van der Waals surface area contributed by atoms with Crippen molar-refractivity contribution >= 4 is 17.3 Å². The molecule has 1 amide bonds. The lowest BCUT2D eigenvalue weighted by molar-refractivity contribution is -0.119. The summed E-state index contributed by atoms with van der Waals surface area (Å²) >= 11 is 0. The maximum Gasteiger partial charge on any atom is 0.309 e. The van der Waals surface area contributed by atoms with Crippen LogP contribution in [0.3, 0.4) is 0 Å². The van der Waals surface area contributed by atoms with Crippen LogP contribution >= 0.6 is 0 Å². The van der Waals surface area contributed by atoms with E-state index in [0.29, 0.717) is 29.1 Å². The Kier molecular flexibility index (Phi) is 5.40. The first kappa shape index (κ1) is 21.2. The lowest BCUT2D eigenvalue weighted by Gasteiger charge is -2.23. The highest BCUT2D eigenvalue weighted by atomic mass is 16.5. The van der Waals surface area contributed by atoms with Gasteiger partial charge in [0, 0.05) is 17.9 Å². The lowest BCUT2D eigenvalue weighted by Crippen LogP contribution is -2.43. The molecular formula is C25H20N6O3. The number of Topliss-reactive ketones (excluding diaryl/α,β-unsaturated/α-hetero) is 1. The normalized spacial score (nSPS) is 17.1. The molecule has 0 saturated heterocycles. The van der Waals surface area contributed by atoms with Gasteiger partial charge < -0.3 is 4.74 Å². The van der Waals surface area contributed by atoms with Crippen molar-refractivity contribution in [3.05, 3.63) is 100 Å². The minimum Gasteiger partial charge on any atom is -0.468 e. The highest BCUT2D eigenvalue weighted by Gasteiger charge is 2.38. The number of aromatic nitrogens is 3. The summed E-state index contributed by atoms with van der Waals surface area (Å²) in [4.78, 5) is 30.1. The molecule has 2 aliphatic rings. The number of carbonyl (C=O) groups excluding carboxylic acids is 2. The Balaban J connectivity index is 1.37. The Labute approximate surface area is 195 Å². The van der Waals surface area contributed by atoms with Crippen LogP contribution in [0.5, 0.6) is 0 Å². The molecule has 34 heavy (non-hydrogen) atoms. The van der Waals surface area contributed by atoms with Gasteiger partial charge in [0.2, 0.25) is 5.82 Å². The highest BCUT2D eigenvalue weighted by molar-refractivity contribution is 6.05. The number of hydrogen-bond acceptors (Lipinski definition) is 7. The number of rotatable bonds is 5. The summed E-state index contributed by atoms with van der Waals surface area (Å²) in [5, 5.41) is 17.4. The number of hydrogen-bond donors (Lipinski definition) is 2. The van der Waals surface area contributed by atoms with Gasteiger partial charge in [0.1, 0.15) is 11.5 Å². The van der Waals surface area contributed by atoms with Crippen molar-refractivity contribution in [2.45, 2.75) is 13.3 Å². The number of nitrogens with one attached hydrogen (secondary N) is 2. The topological polar surface area (TPSA) is 124 Å².